The third-order valence-electron chi connectivity index (χ3n) is 3.20. The summed E-state index contributed by atoms with van der Waals surface area (Å²) in [5, 5.41) is 15.7. The van der Waals surface area contributed by atoms with Crippen molar-refractivity contribution in [2.75, 3.05) is 17.2 Å². The minimum atomic E-state index is -0.980. The number of hydrogen-bond donors (Lipinski definition) is 5. The van der Waals surface area contributed by atoms with Crippen molar-refractivity contribution in [2.24, 2.45) is 5.73 Å². The van der Waals surface area contributed by atoms with Gasteiger partial charge < -0.3 is 27.1 Å². The van der Waals surface area contributed by atoms with E-state index in [1.165, 1.54) is 18.5 Å². The van der Waals surface area contributed by atoms with Crippen molar-refractivity contribution >= 4 is 51.4 Å². The molecule has 148 valence electrons. The number of carbonyl (C=O) groups excluding carboxylic acids is 1. The highest BCUT2D eigenvalue weighted by atomic mass is 79.9. The standard InChI is InChI=1S/C16H15BrClF2N7O/c17-9-1-8(14(20)12(19)2-9)4-24-15-11(18)6-25-16(27-15)26-10(3-21)5-23-7-13(22)28/h1-3,5-6,21,23H,4,7H2,(H2,22,28)(H2,24,25,26,27)/b10-5+,21-3?. The molecule has 0 atom stereocenters. The van der Waals surface area contributed by atoms with Gasteiger partial charge in [-0.2, -0.15) is 4.98 Å². The first-order valence-corrected chi connectivity index (χ1v) is 8.86. The summed E-state index contributed by atoms with van der Waals surface area (Å²) in [6, 6.07) is 2.45. The molecule has 1 aromatic carbocycles. The highest BCUT2D eigenvalue weighted by molar-refractivity contribution is 9.10. The summed E-state index contributed by atoms with van der Waals surface area (Å²) >= 11 is 9.14. The maximum atomic E-state index is 13.9. The molecule has 2 rings (SSSR count). The van der Waals surface area contributed by atoms with Crippen LogP contribution >= 0.6 is 27.5 Å². The van der Waals surface area contributed by atoms with E-state index in [-0.39, 0.29) is 41.1 Å². The fourth-order valence-corrected chi connectivity index (χ4v) is 2.61. The Morgan fingerprint density at radius 2 is 2.14 bits per heavy atom. The van der Waals surface area contributed by atoms with Crippen LogP contribution in [0.2, 0.25) is 5.02 Å². The maximum absolute atomic E-state index is 13.9. The first-order valence-electron chi connectivity index (χ1n) is 7.69. The summed E-state index contributed by atoms with van der Waals surface area (Å²) < 4.78 is 27.7. The quantitative estimate of drug-likeness (QED) is 0.281. The number of nitrogens with one attached hydrogen (secondary N) is 4. The lowest BCUT2D eigenvalue weighted by Gasteiger charge is -2.11. The van der Waals surface area contributed by atoms with Crippen LogP contribution in [0.15, 0.2) is 34.7 Å². The maximum Gasteiger partial charge on any atom is 0.236 e. The number of benzene rings is 1. The predicted molar refractivity (Wildman–Crippen MR) is 106 cm³/mol. The molecular formula is C16H15BrClF2N7O. The minimum absolute atomic E-state index is 0.0757. The number of carbonyl (C=O) groups is 1. The zero-order chi connectivity index (χ0) is 20.7. The second kappa shape index (κ2) is 9.95. The summed E-state index contributed by atoms with van der Waals surface area (Å²) in [6.07, 6.45) is 3.62. The third kappa shape index (κ3) is 6.13. The molecule has 1 amide bonds. The van der Waals surface area contributed by atoms with Gasteiger partial charge in [0.1, 0.15) is 5.02 Å². The smallest absolute Gasteiger partial charge is 0.236 e. The molecule has 28 heavy (non-hydrogen) atoms. The SMILES string of the molecule is N=C/C(=C\NCC(N)=O)Nc1ncc(Cl)c(NCc2cc(Br)cc(F)c2F)n1. The van der Waals surface area contributed by atoms with Crippen molar-refractivity contribution in [3.8, 4) is 0 Å². The Hall–Kier alpha value is -2.79. The van der Waals surface area contributed by atoms with Gasteiger partial charge in [0.2, 0.25) is 11.9 Å². The van der Waals surface area contributed by atoms with E-state index in [9.17, 15) is 13.6 Å². The van der Waals surface area contributed by atoms with Crippen LogP contribution in [-0.4, -0.2) is 28.6 Å². The molecule has 0 unspecified atom stereocenters. The summed E-state index contributed by atoms with van der Waals surface area (Å²) in [4.78, 5) is 18.8. The van der Waals surface area contributed by atoms with Crippen LogP contribution in [0.3, 0.4) is 0 Å². The second-order valence-corrected chi connectivity index (χ2v) is 6.64. The minimum Gasteiger partial charge on any atom is -0.380 e. The van der Waals surface area contributed by atoms with Gasteiger partial charge in [0.25, 0.3) is 0 Å². The van der Waals surface area contributed by atoms with Crippen molar-refractivity contribution in [1.82, 2.24) is 15.3 Å². The van der Waals surface area contributed by atoms with Gasteiger partial charge in [-0.3, -0.25) is 4.79 Å². The lowest BCUT2D eigenvalue weighted by atomic mass is 10.2. The number of rotatable bonds is 9. The summed E-state index contributed by atoms with van der Waals surface area (Å²) in [5.41, 5.74) is 5.33. The molecule has 8 nitrogen and oxygen atoms in total. The Bertz CT molecular complexity index is 926. The zero-order valence-electron chi connectivity index (χ0n) is 14.2. The van der Waals surface area contributed by atoms with Crippen molar-refractivity contribution in [3.63, 3.8) is 0 Å². The molecule has 0 bridgehead atoms. The van der Waals surface area contributed by atoms with Gasteiger partial charge in [-0.1, -0.05) is 27.5 Å². The van der Waals surface area contributed by atoms with Gasteiger partial charge in [0.15, 0.2) is 17.5 Å². The van der Waals surface area contributed by atoms with Crippen LogP contribution in [0.5, 0.6) is 0 Å². The lowest BCUT2D eigenvalue weighted by molar-refractivity contribution is -0.117. The van der Waals surface area contributed by atoms with Gasteiger partial charge >= 0.3 is 0 Å². The molecule has 1 heterocycles. The first kappa shape index (κ1) is 21.5. The number of primary amides is 1. The van der Waals surface area contributed by atoms with Gasteiger partial charge in [0.05, 0.1) is 18.4 Å². The Kier molecular flexibility index (Phi) is 7.64. The average molecular weight is 475 g/mol. The number of hydrogen-bond acceptors (Lipinski definition) is 7. The molecule has 6 N–H and O–H groups in total. The molecule has 0 saturated heterocycles. The van der Waals surface area contributed by atoms with Crippen LogP contribution in [0.25, 0.3) is 0 Å². The Labute approximate surface area is 172 Å². The predicted octanol–water partition coefficient (Wildman–Crippen LogP) is 2.76. The number of allylic oxidation sites excluding steroid dienone is 1. The number of aromatic nitrogens is 2. The Morgan fingerprint density at radius 3 is 2.82 bits per heavy atom. The molecule has 0 aliphatic heterocycles. The highest BCUT2D eigenvalue weighted by Gasteiger charge is 2.12. The Morgan fingerprint density at radius 1 is 1.39 bits per heavy atom. The van der Waals surface area contributed by atoms with E-state index < -0.39 is 17.5 Å². The summed E-state index contributed by atoms with van der Waals surface area (Å²) in [6.45, 7) is -0.187. The highest BCUT2D eigenvalue weighted by Crippen LogP contribution is 2.23. The van der Waals surface area contributed by atoms with Gasteiger partial charge in [0, 0.05) is 29.0 Å². The van der Waals surface area contributed by atoms with Gasteiger partial charge in [-0.25, -0.2) is 13.8 Å². The normalized spacial score (nSPS) is 11.1. The van der Waals surface area contributed by atoms with Crippen LogP contribution < -0.4 is 21.7 Å². The van der Waals surface area contributed by atoms with E-state index >= 15 is 0 Å². The first-order chi connectivity index (χ1) is 13.3. The van der Waals surface area contributed by atoms with Gasteiger partial charge in [-0.15, -0.1) is 0 Å². The number of amides is 1. The van der Waals surface area contributed by atoms with Crippen molar-refractivity contribution in [2.45, 2.75) is 6.54 Å². The molecular weight excluding hydrogens is 460 g/mol. The van der Waals surface area contributed by atoms with E-state index in [1.54, 1.807) is 0 Å². The van der Waals surface area contributed by atoms with Crippen molar-refractivity contribution in [3.05, 3.63) is 56.9 Å². The van der Waals surface area contributed by atoms with Crippen molar-refractivity contribution < 1.29 is 13.6 Å². The van der Waals surface area contributed by atoms with E-state index in [1.807, 2.05) is 0 Å². The van der Waals surface area contributed by atoms with Crippen molar-refractivity contribution in [1.29, 1.82) is 5.41 Å². The van der Waals surface area contributed by atoms with E-state index in [0.29, 0.717) is 4.47 Å². The number of nitrogens with zero attached hydrogens (tertiary/aromatic N) is 2. The van der Waals surface area contributed by atoms with Gasteiger partial charge in [-0.05, 0) is 12.1 Å². The zero-order valence-corrected chi connectivity index (χ0v) is 16.5. The fourth-order valence-electron chi connectivity index (χ4n) is 1.97. The molecule has 0 saturated carbocycles. The van der Waals surface area contributed by atoms with E-state index in [0.717, 1.165) is 12.3 Å². The Balaban J connectivity index is 2.12. The monoisotopic (exact) mass is 473 g/mol. The van der Waals surface area contributed by atoms with Crippen LogP contribution in [0.1, 0.15) is 5.56 Å². The number of anilines is 2. The van der Waals surface area contributed by atoms with E-state index in [2.05, 4.69) is 41.8 Å². The topological polar surface area (TPSA) is 129 Å². The molecule has 0 spiro atoms. The van der Waals surface area contributed by atoms with E-state index in [4.69, 9.17) is 22.7 Å². The largest absolute Gasteiger partial charge is 0.380 e. The molecule has 2 aromatic rings. The number of halogens is 4. The molecule has 0 aliphatic carbocycles. The molecule has 1 aromatic heterocycles. The van der Waals surface area contributed by atoms with Crippen LogP contribution in [0, 0.1) is 17.0 Å². The average Bonchev–Trinajstić information content (AvgIpc) is 2.64. The fraction of sp³-hybridized carbons (Fsp3) is 0.125. The van der Waals surface area contributed by atoms with Crippen LogP contribution in [0.4, 0.5) is 20.5 Å². The third-order valence-corrected chi connectivity index (χ3v) is 3.94. The molecule has 0 radical (unpaired) electrons. The number of nitrogens with two attached hydrogens (primary N) is 1. The van der Waals surface area contributed by atoms with Crippen LogP contribution in [-0.2, 0) is 11.3 Å². The summed E-state index contributed by atoms with van der Waals surface area (Å²) in [5.74, 6) is -2.26. The molecule has 0 aliphatic rings. The summed E-state index contributed by atoms with van der Waals surface area (Å²) in [7, 11) is 0. The molecule has 12 heteroatoms. The molecule has 0 fully saturated rings. The second-order valence-electron chi connectivity index (χ2n) is 5.32. The lowest BCUT2D eigenvalue weighted by Crippen LogP contribution is -2.25.